The van der Waals surface area contributed by atoms with E-state index in [9.17, 15) is 0 Å². The van der Waals surface area contributed by atoms with E-state index in [1.165, 1.54) is 24.9 Å². The van der Waals surface area contributed by atoms with Gasteiger partial charge in [-0.15, -0.1) is 0 Å². The van der Waals surface area contributed by atoms with Gasteiger partial charge in [0.15, 0.2) is 0 Å². The molecule has 1 fully saturated rings. The quantitative estimate of drug-likeness (QED) is 0.849. The first-order chi connectivity index (χ1) is 9.63. The van der Waals surface area contributed by atoms with Crippen molar-refractivity contribution in [2.24, 2.45) is 11.7 Å². The lowest BCUT2D eigenvalue weighted by atomic mass is 9.94. The summed E-state index contributed by atoms with van der Waals surface area (Å²) in [7, 11) is 4.32. The van der Waals surface area contributed by atoms with E-state index in [4.69, 9.17) is 5.73 Å². The minimum Gasteiger partial charge on any atom is -0.329 e. The molecule has 2 heterocycles. The summed E-state index contributed by atoms with van der Waals surface area (Å²) >= 11 is 0. The summed E-state index contributed by atoms with van der Waals surface area (Å²) in [5.74, 6) is 0.832. The van der Waals surface area contributed by atoms with E-state index in [0.29, 0.717) is 12.6 Å². The second-order valence-electron chi connectivity index (χ2n) is 6.12. The van der Waals surface area contributed by atoms with Crippen LogP contribution in [0.2, 0.25) is 0 Å². The van der Waals surface area contributed by atoms with Crippen molar-refractivity contribution in [1.29, 1.82) is 0 Å². The van der Waals surface area contributed by atoms with Gasteiger partial charge in [0.2, 0.25) is 0 Å². The predicted octanol–water partition coefficient (Wildman–Crippen LogP) is 1.18. The van der Waals surface area contributed by atoms with Crippen LogP contribution in [-0.2, 0) is 6.54 Å². The largest absolute Gasteiger partial charge is 0.329 e. The molecule has 0 spiro atoms. The number of hydrogen-bond donors (Lipinski definition) is 1. The molecule has 114 valence electrons. The van der Waals surface area contributed by atoms with Crippen molar-refractivity contribution >= 4 is 0 Å². The summed E-state index contributed by atoms with van der Waals surface area (Å²) in [4.78, 5) is 4.83. The molecule has 2 N–H and O–H groups in total. The van der Waals surface area contributed by atoms with Gasteiger partial charge in [0.25, 0.3) is 0 Å². The number of nitrogens with two attached hydrogens (primary N) is 1. The Morgan fingerprint density at radius 2 is 2.10 bits per heavy atom. The zero-order chi connectivity index (χ0) is 14.5. The molecule has 0 aromatic carbocycles. The standard InChI is InChI=1S/C15H29N5/c1-4-20-12-14(10-17-20)15(9-16)19-7-5-13(6-8-19)11-18(2)3/h10,12-13,15H,4-9,11,16H2,1-3H3. The highest BCUT2D eigenvalue weighted by Crippen LogP contribution is 2.26. The zero-order valence-corrected chi connectivity index (χ0v) is 13.1. The number of nitrogens with zero attached hydrogens (tertiary/aromatic N) is 4. The Kier molecular flexibility index (Phi) is 5.57. The molecule has 5 nitrogen and oxygen atoms in total. The van der Waals surface area contributed by atoms with Crippen LogP contribution in [0.5, 0.6) is 0 Å². The topological polar surface area (TPSA) is 50.3 Å². The molecule has 20 heavy (non-hydrogen) atoms. The van der Waals surface area contributed by atoms with Crippen molar-refractivity contribution in [2.75, 3.05) is 40.3 Å². The molecule has 1 atom stereocenters. The van der Waals surface area contributed by atoms with Gasteiger partial charge in [0.1, 0.15) is 0 Å². The van der Waals surface area contributed by atoms with Gasteiger partial charge in [-0.3, -0.25) is 9.58 Å². The van der Waals surface area contributed by atoms with E-state index in [1.807, 2.05) is 10.9 Å². The van der Waals surface area contributed by atoms with Crippen molar-refractivity contribution in [3.8, 4) is 0 Å². The molecule has 0 radical (unpaired) electrons. The number of aryl methyl sites for hydroxylation is 1. The maximum absolute atomic E-state index is 6.01. The highest BCUT2D eigenvalue weighted by molar-refractivity contribution is 5.11. The highest BCUT2D eigenvalue weighted by Gasteiger charge is 2.26. The first kappa shape index (κ1) is 15.5. The normalized spacial score (nSPS) is 19.6. The van der Waals surface area contributed by atoms with Gasteiger partial charge in [0.05, 0.1) is 12.2 Å². The fourth-order valence-electron chi connectivity index (χ4n) is 3.18. The molecule has 1 saturated heterocycles. The average Bonchev–Trinajstić information content (AvgIpc) is 2.90. The Morgan fingerprint density at radius 1 is 1.40 bits per heavy atom. The molecule has 0 amide bonds. The van der Waals surface area contributed by atoms with Crippen molar-refractivity contribution in [3.63, 3.8) is 0 Å². The number of piperidine rings is 1. The summed E-state index contributed by atoms with van der Waals surface area (Å²) in [5, 5.41) is 4.38. The second-order valence-corrected chi connectivity index (χ2v) is 6.12. The van der Waals surface area contributed by atoms with Crippen molar-refractivity contribution in [1.82, 2.24) is 19.6 Å². The SMILES string of the molecule is CCn1cc(C(CN)N2CCC(CN(C)C)CC2)cn1. The minimum atomic E-state index is 0.329. The zero-order valence-electron chi connectivity index (χ0n) is 13.1. The van der Waals surface area contributed by atoms with Crippen LogP contribution in [0.1, 0.15) is 31.4 Å². The fraction of sp³-hybridized carbons (Fsp3) is 0.800. The van der Waals surface area contributed by atoms with Crippen LogP contribution < -0.4 is 5.73 Å². The monoisotopic (exact) mass is 279 g/mol. The number of aromatic nitrogens is 2. The van der Waals surface area contributed by atoms with Crippen LogP contribution in [-0.4, -0.2) is 59.9 Å². The maximum atomic E-state index is 6.01. The van der Waals surface area contributed by atoms with E-state index in [0.717, 1.165) is 25.6 Å². The summed E-state index contributed by atoms with van der Waals surface area (Å²) in [6.45, 7) is 7.21. The Labute approximate surface area is 122 Å². The molecule has 1 unspecified atom stereocenters. The second kappa shape index (κ2) is 7.20. The van der Waals surface area contributed by atoms with Crippen LogP contribution in [0, 0.1) is 5.92 Å². The molecule has 2 rings (SSSR count). The van der Waals surface area contributed by atoms with Crippen molar-refractivity contribution < 1.29 is 0 Å². The lowest BCUT2D eigenvalue weighted by Gasteiger charge is -2.37. The van der Waals surface area contributed by atoms with Crippen molar-refractivity contribution in [3.05, 3.63) is 18.0 Å². The third-order valence-corrected chi connectivity index (χ3v) is 4.30. The summed E-state index contributed by atoms with van der Waals surface area (Å²) in [5.41, 5.74) is 7.28. The first-order valence-corrected chi connectivity index (χ1v) is 7.75. The first-order valence-electron chi connectivity index (χ1n) is 7.75. The van der Waals surface area contributed by atoms with E-state index in [1.54, 1.807) is 0 Å². The van der Waals surface area contributed by atoms with Crippen LogP contribution in [0.3, 0.4) is 0 Å². The number of hydrogen-bond acceptors (Lipinski definition) is 4. The van der Waals surface area contributed by atoms with Crippen LogP contribution in [0.15, 0.2) is 12.4 Å². The molecule has 5 heteroatoms. The van der Waals surface area contributed by atoms with Gasteiger partial charge in [0, 0.05) is 31.4 Å². The van der Waals surface area contributed by atoms with Gasteiger partial charge in [-0.2, -0.15) is 5.10 Å². The van der Waals surface area contributed by atoms with Crippen LogP contribution in [0.25, 0.3) is 0 Å². The Bertz CT molecular complexity index is 393. The van der Waals surface area contributed by atoms with Gasteiger partial charge in [-0.25, -0.2) is 0 Å². The third-order valence-electron chi connectivity index (χ3n) is 4.30. The van der Waals surface area contributed by atoms with Crippen LogP contribution in [0.4, 0.5) is 0 Å². The molecule has 1 aliphatic rings. The van der Waals surface area contributed by atoms with E-state index >= 15 is 0 Å². The number of rotatable bonds is 6. The van der Waals surface area contributed by atoms with E-state index in [2.05, 4.69) is 42.1 Å². The summed E-state index contributed by atoms with van der Waals surface area (Å²) < 4.78 is 1.98. The van der Waals surface area contributed by atoms with Gasteiger partial charge in [-0.1, -0.05) is 0 Å². The lowest BCUT2D eigenvalue weighted by Crippen LogP contribution is -2.41. The highest BCUT2D eigenvalue weighted by atomic mass is 15.3. The average molecular weight is 279 g/mol. The van der Waals surface area contributed by atoms with Crippen molar-refractivity contribution in [2.45, 2.75) is 32.4 Å². The van der Waals surface area contributed by atoms with E-state index < -0.39 is 0 Å². The Hall–Kier alpha value is -0.910. The lowest BCUT2D eigenvalue weighted by molar-refractivity contribution is 0.122. The van der Waals surface area contributed by atoms with Gasteiger partial charge < -0.3 is 10.6 Å². The summed E-state index contributed by atoms with van der Waals surface area (Å²) in [6, 6.07) is 0.329. The predicted molar refractivity (Wildman–Crippen MR) is 82.5 cm³/mol. The molecular weight excluding hydrogens is 250 g/mol. The molecule has 1 aliphatic heterocycles. The third kappa shape index (κ3) is 3.81. The van der Waals surface area contributed by atoms with Gasteiger partial charge in [-0.05, 0) is 52.9 Å². The van der Waals surface area contributed by atoms with E-state index in [-0.39, 0.29) is 0 Å². The molecule has 0 saturated carbocycles. The van der Waals surface area contributed by atoms with Crippen LogP contribution >= 0.6 is 0 Å². The number of likely N-dealkylation sites (tertiary alicyclic amines) is 1. The molecular formula is C15H29N5. The molecule has 0 bridgehead atoms. The molecule has 1 aromatic heterocycles. The Balaban J connectivity index is 1.93. The molecule has 0 aliphatic carbocycles. The summed E-state index contributed by atoms with van der Waals surface area (Å²) in [6.07, 6.45) is 6.67. The minimum absolute atomic E-state index is 0.329. The molecule has 1 aromatic rings. The Morgan fingerprint density at radius 3 is 2.60 bits per heavy atom. The fourth-order valence-corrected chi connectivity index (χ4v) is 3.18. The maximum Gasteiger partial charge on any atom is 0.0538 e. The van der Waals surface area contributed by atoms with Gasteiger partial charge >= 0.3 is 0 Å². The smallest absolute Gasteiger partial charge is 0.0538 e.